The molecule has 0 bridgehead atoms. The highest BCUT2D eigenvalue weighted by atomic mass is 35.5. The molecule has 0 radical (unpaired) electrons. The van der Waals surface area contributed by atoms with Crippen molar-refractivity contribution in [1.82, 2.24) is 15.2 Å². The number of hydrazine groups is 1. The number of benzene rings is 2. The number of rotatable bonds is 4. The molecule has 25 heavy (non-hydrogen) atoms. The third-order valence-electron chi connectivity index (χ3n) is 3.41. The summed E-state index contributed by atoms with van der Waals surface area (Å²) in [6.07, 6.45) is 1.04. The fraction of sp³-hybridized carbons (Fsp3) is 0. The Kier molecular flexibility index (Phi) is 4.91. The van der Waals surface area contributed by atoms with Crippen molar-refractivity contribution in [2.75, 3.05) is 0 Å². The van der Waals surface area contributed by atoms with Crippen molar-refractivity contribution in [2.24, 2.45) is 0 Å². The zero-order valence-electron chi connectivity index (χ0n) is 12.5. The fourth-order valence-electron chi connectivity index (χ4n) is 2.21. The van der Waals surface area contributed by atoms with Gasteiger partial charge < -0.3 is 0 Å². The number of nitrogens with one attached hydrogen (secondary N) is 2. The summed E-state index contributed by atoms with van der Waals surface area (Å²) in [5.74, 6) is -0.589. The van der Waals surface area contributed by atoms with Gasteiger partial charge in [0.05, 0.1) is 5.02 Å². The lowest BCUT2D eigenvalue weighted by Gasteiger charge is -2.10. The number of pyridine rings is 1. The van der Waals surface area contributed by atoms with Crippen LogP contribution in [0.3, 0.4) is 0 Å². The lowest BCUT2D eigenvalue weighted by Crippen LogP contribution is -2.41. The lowest BCUT2D eigenvalue weighted by molar-refractivity contribution is 0.0947. The second-order valence-electron chi connectivity index (χ2n) is 5.03. The summed E-state index contributed by atoms with van der Waals surface area (Å²) in [7, 11) is -4.04. The maximum absolute atomic E-state index is 12.4. The molecule has 0 spiro atoms. The van der Waals surface area contributed by atoms with Crippen molar-refractivity contribution in [3.63, 3.8) is 0 Å². The van der Waals surface area contributed by atoms with Gasteiger partial charge in [-0.1, -0.05) is 59.6 Å². The molecule has 128 valence electrons. The van der Waals surface area contributed by atoms with E-state index in [2.05, 4.69) is 10.4 Å². The van der Waals surface area contributed by atoms with E-state index >= 15 is 0 Å². The number of aromatic nitrogens is 1. The summed E-state index contributed by atoms with van der Waals surface area (Å²) in [4.78, 5) is 17.8. The molecule has 0 fully saturated rings. The zero-order valence-corrected chi connectivity index (χ0v) is 14.9. The van der Waals surface area contributed by atoms with Crippen LogP contribution in [0.1, 0.15) is 10.4 Å². The van der Waals surface area contributed by atoms with E-state index in [4.69, 9.17) is 23.2 Å². The fourth-order valence-corrected chi connectivity index (χ4v) is 3.36. The summed E-state index contributed by atoms with van der Waals surface area (Å²) in [5.41, 5.74) is 2.52. The topological polar surface area (TPSA) is 88.2 Å². The normalized spacial score (nSPS) is 11.4. The highest BCUT2D eigenvalue weighted by molar-refractivity contribution is 7.89. The third kappa shape index (κ3) is 3.74. The van der Waals surface area contributed by atoms with Crippen molar-refractivity contribution in [1.29, 1.82) is 0 Å². The molecule has 6 nitrogen and oxygen atoms in total. The predicted octanol–water partition coefficient (Wildman–Crippen LogP) is 3.16. The number of hydrogen-bond donors (Lipinski definition) is 2. The SMILES string of the molecule is O=C(NNS(=O)(=O)c1cnc(Cl)c(Cl)c1)c1cccc2ccccc12. The number of fused-ring (bicyclic) bond motifs is 1. The van der Waals surface area contributed by atoms with Crippen LogP contribution < -0.4 is 10.3 Å². The quantitative estimate of drug-likeness (QED) is 0.524. The molecule has 0 atom stereocenters. The molecule has 0 saturated heterocycles. The maximum Gasteiger partial charge on any atom is 0.266 e. The smallest absolute Gasteiger partial charge is 0.266 e. The Morgan fingerprint density at radius 3 is 2.52 bits per heavy atom. The Morgan fingerprint density at radius 2 is 1.76 bits per heavy atom. The molecule has 0 unspecified atom stereocenters. The molecule has 1 aromatic heterocycles. The molecule has 0 aliphatic rings. The molecule has 0 aliphatic carbocycles. The molecule has 3 aromatic rings. The average molecular weight is 396 g/mol. The second-order valence-corrected chi connectivity index (χ2v) is 7.48. The standard InChI is InChI=1S/C16H11Cl2N3O3S/c17-14-8-11(9-19-15(14)18)25(23,24)21-20-16(22)13-7-3-5-10-4-1-2-6-12(10)13/h1-9,21H,(H,20,22). The van der Waals surface area contributed by atoms with Crippen molar-refractivity contribution >= 4 is 49.9 Å². The van der Waals surface area contributed by atoms with Gasteiger partial charge in [0.2, 0.25) is 0 Å². The van der Waals surface area contributed by atoms with Gasteiger partial charge >= 0.3 is 0 Å². The second kappa shape index (κ2) is 6.97. The highest BCUT2D eigenvalue weighted by Crippen LogP contribution is 2.22. The minimum atomic E-state index is -4.04. The van der Waals surface area contributed by atoms with Crippen LogP contribution in [0.5, 0.6) is 0 Å². The first-order valence-electron chi connectivity index (χ1n) is 6.99. The number of nitrogens with zero attached hydrogens (tertiary/aromatic N) is 1. The lowest BCUT2D eigenvalue weighted by atomic mass is 10.0. The summed E-state index contributed by atoms with van der Waals surface area (Å²) < 4.78 is 24.5. The third-order valence-corrected chi connectivity index (χ3v) is 5.32. The molecule has 2 aromatic carbocycles. The molecule has 9 heteroatoms. The average Bonchev–Trinajstić information content (AvgIpc) is 2.61. The van der Waals surface area contributed by atoms with E-state index in [1.54, 1.807) is 24.3 Å². The van der Waals surface area contributed by atoms with Gasteiger partial charge in [-0.25, -0.2) is 13.4 Å². The van der Waals surface area contributed by atoms with Gasteiger partial charge in [-0.05, 0) is 22.9 Å². The number of hydrogen-bond acceptors (Lipinski definition) is 4. The Morgan fingerprint density at radius 1 is 1.04 bits per heavy atom. The van der Waals surface area contributed by atoms with E-state index in [0.29, 0.717) is 10.9 Å². The van der Waals surface area contributed by atoms with Crippen LogP contribution in [0.25, 0.3) is 10.8 Å². The number of carbonyl (C=O) groups excluding carboxylic acids is 1. The maximum atomic E-state index is 12.4. The summed E-state index contributed by atoms with van der Waals surface area (Å²) >= 11 is 11.4. The molecule has 3 rings (SSSR count). The van der Waals surface area contributed by atoms with Crippen molar-refractivity contribution in [2.45, 2.75) is 4.90 Å². The van der Waals surface area contributed by atoms with Crippen molar-refractivity contribution in [3.05, 3.63) is 70.5 Å². The van der Waals surface area contributed by atoms with Gasteiger partial charge in [0, 0.05) is 11.8 Å². The number of amides is 1. The van der Waals surface area contributed by atoms with Crippen LogP contribution in [0.15, 0.2) is 59.6 Å². The van der Waals surface area contributed by atoms with Crippen molar-refractivity contribution < 1.29 is 13.2 Å². The summed E-state index contributed by atoms with van der Waals surface area (Å²) in [5, 5.41) is 1.55. The first-order chi connectivity index (χ1) is 11.9. The zero-order chi connectivity index (χ0) is 18.0. The van der Waals surface area contributed by atoms with Gasteiger partial charge in [-0.15, -0.1) is 4.83 Å². The van der Waals surface area contributed by atoms with Crippen LogP contribution in [0.2, 0.25) is 10.2 Å². The summed E-state index contributed by atoms with van der Waals surface area (Å²) in [6, 6.07) is 13.6. The van der Waals surface area contributed by atoms with Crippen LogP contribution in [0.4, 0.5) is 0 Å². The minimum absolute atomic E-state index is 0.00933. The van der Waals surface area contributed by atoms with E-state index in [9.17, 15) is 13.2 Å². The van der Waals surface area contributed by atoms with E-state index < -0.39 is 15.9 Å². The number of carbonyl (C=O) groups is 1. The van der Waals surface area contributed by atoms with Gasteiger partial charge in [0.25, 0.3) is 15.9 Å². The molecule has 1 heterocycles. The van der Waals surface area contributed by atoms with Crippen LogP contribution >= 0.6 is 23.2 Å². The Hall–Kier alpha value is -2.19. The summed E-state index contributed by atoms with van der Waals surface area (Å²) in [6.45, 7) is 0. The van der Waals surface area contributed by atoms with Crippen LogP contribution in [-0.2, 0) is 10.0 Å². The van der Waals surface area contributed by atoms with E-state index in [0.717, 1.165) is 17.6 Å². The monoisotopic (exact) mass is 395 g/mol. The number of sulfonamides is 1. The molecule has 0 saturated carbocycles. The minimum Gasteiger partial charge on any atom is -0.273 e. The Balaban J connectivity index is 1.82. The van der Waals surface area contributed by atoms with Gasteiger partial charge in [-0.3, -0.25) is 10.2 Å². The highest BCUT2D eigenvalue weighted by Gasteiger charge is 2.18. The predicted molar refractivity (Wildman–Crippen MR) is 96.0 cm³/mol. The first kappa shape index (κ1) is 17.6. The largest absolute Gasteiger partial charge is 0.273 e. The van der Waals surface area contributed by atoms with Crippen LogP contribution in [0, 0.1) is 0 Å². The number of halogens is 2. The molecule has 0 aliphatic heterocycles. The molecule has 1 amide bonds. The molecular weight excluding hydrogens is 385 g/mol. The van der Waals surface area contributed by atoms with Gasteiger partial charge in [0.15, 0.2) is 0 Å². The molecule has 2 N–H and O–H groups in total. The van der Waals surface area contributed by atoms with Gasteiger partial charge in [-0.2, -0.15) is 0 Å². The Labute approximate surface area is 153 Å². The van der Waals surface area contributed by atoms with Gasteiger partial charge in [0.1, 0.15) is 10.0 Å². The van der Waals surface area contributed by atoms with E-state index in [-0.39, 0.29) is 15.1 Å². The van der Waals surface area contributed by atoms with E-state index in [1.165, 1.54) is 0 Å². The molecular formula is C16H11Cl2N3O3S. The van der Waals surface area contributed by atoms with Crippen molar-refractivity contribution in [3.8, 4) is 0 Å². The van der Waals surface area contributed by atoms with E-state index in [1.807, 2.05) is 23.0 Å². The van der Waals surface area contributed by atoms with Crippen LogP contribution in [-0.4, -0.2) is 19.3 Å². The Bertz CT molecular complexity index is 1070. The first-order valence-corrected chi connectivity index (χ1v) is 9.23.